The van der Waals surface area contributed by atoms with Crippen LogP contribution in [0, 0.1) is 0 Å². The number of thiophene rings is 2. The largest absolute Gasteiger partial charge is 0.138 e. The fraction of sp³-hybridized carbons (Fsp3) is 0.200. The van der Waals surface area contributed by atoms with Crippen LogP contribution in [0.25, 0.3) is 11.1 Å². The standard InChI is InChI=1S/C10H12Br2S2Si2/c1-15-7-3-5(9(11)13-7)6-4-8(16-2)14-10(6)12/h3-4H,15-16H2,1-2H3. The van der Waals surface area contributed by atoms with Crippen molar-refractivity contribution in [1.29, 1.82) is 0 Å². The van der Waals surface area contributed by atoms with E-state index in [1.807, 2.05) is 22.7 Å². The highest BCUT2D eigenvalue weighted by Crippen LogP contribution is 2.37. The molecule has 2 aromatic rings. The summed E-state index contributed by atoms with van der Waals surface area (Å²) in [6.07, 6.45) is 0. The SMILES string of the molecule is C[SiH2]c1cc(-c2cc([SiH2]C)sc2Br)c(Br)s1. The summed E-state index contributed by atoms with van der Waals surface area (Å²) in [4.78, 5) is 0. The molecule has 0 saturated heterocycles. The van der Waals surface area contributed by atoms with Crippen LogP contribution in [0.2, 0.25) is 13.1 Å². The van der Waals surface area contributed by atoms with Gasteiger partial charge < -0.3 is 0 Å². The molecule has 86 valence electrons. The lowest BCUT2D eigenvalue weighted by Gasteiger charge is -1.95. The second-order valence-corrected chi connectivity index (χ2v) is 12.4. The van der Waals surface area contributed by atoms with Gasteiger partial charge in [-0.3, -0.25) is 0 Å². The number of hydrogen-bond acceptors (Lipinski definition) is 2. The van der Waals surface area contributed by atoms with Gasteiger partial charge in [0.05, 0.1) is 26.6 Å². The van der Waals surface area contributed by atoms with Crippen molar-refractivity contribution in [3.8, 4) is 11.1 Å². The van der Waals surface area contributed by atoms with Crippen molar-refractivity contribution in [2.24, 2.45) is 0 Å². The zero-order valence-corrected chi connectivity index (χ0v) is 16.8. The monoisotopic (exact) mass is 410 g/mol. The highest BCUT2D eigenvalue weighted by atomic mass is 79.9. The summed E-state index contributed by atoms with van der Waals surface area (Å²) >= 11 is 11.2. The Labute approximate surface area is 125 Å². The van der Waals surface area contributed by atoms with Gasteiger partial charge in [-0.15, -0.1) is 22.7 Å². The second-order valence-electron chi connectivity index (χ2n) is 3.51. The van der Waals surface area contributed by atoms with Gasteiger partial charge in [-0.05, 0) is 53.0 Å². The summed E-state index contributed by atoms with van der Waals surface area (Å²) in [6, 6.07) is 4.74. The summed E-state index contributed by atoms with van der Waals surface area (Å²) in [6.45, 7) is 4.68. The molecule has 0 aliphatic carbocycles. The summed E-state index contributed by atoms with van der Waals surface area (Å²) in [5, 5.41) is 0. The Morgan fingerprint density at radius 1 is 0.875 bits per heavy atom. The highest BCUT2D eigenvalue weighted by Gasteiger charge is 2.13. The van der Waals surface area contributed by atoms with Crippen LogP contribution >= 0.6 is 54.5 Å². The van der Waals surface area contributed by atoms with E-state index in [0.29, 0.717) is 0 Å². The molecule has 2 rings (SSSR count). The molecule has 0 nitrogen and oxygen atoms in total. The molecule has 0 spiro atoms. The third kappa shape index (κ3) is 2.62. The smallest absolute Gasteiger partial charge is 0.0775 e. The third-order valence-corrected chi connectivity index (χ3v) is 10.2. The summed E-state index contributed by atoms with van der Waals surface area (Å²) in [5.74, 6) is 0. The van der Waals surface area contributed by atoms with Crippen LogP contribution in [0.5, 0.6) is 0 Å². The Morgan fingerprint density at radius 2 is 1.25 bits per heavy atom. The third-order valence-electron chi connectivity index (χ3n) is 2.46. The van der Waals surface area contributed by atoms with Crippen molar-refractivity contribution in [2.45, 2.75) is 13.1 Å². The first kappa shape index (κ1) is 13.2. The van der Waals surface area contributed by atoms with Crippen LogP contribution in [-0.2, 0) is 0 Å². The van der Waals surface area contributed by atoms with Crippen molar-refractivity contribution in [3.63, 3.8) is 0 Å². The molecule has 0 fully saturated rings. The van der Waals surface area contributed by atoms with E-state index in [9.17, 15) is 0 Å². The van der Waals surface area contributed by atoms with E-state index in [0.717, 1.165) is 0 Å². The summed E-state index contributed by atoms with van der Waals surface area (Å²) < 4.78 is 5.74. The molecule has 0 saturated carbocycles. The maximum Gasteiger partial charge on any atom is 0.0775 e. The van der Waals surface area contributed by atoms with Crippen molar-refractivity contribution in [3.05, 3.63) is 19.7 Å². The van der Waals surface area contributed by atoms with Gasteiger partial charge in [0.2, 0.25) is 0 Å². The van der Waals surface area contributed by atoms with Crippen LogP contribution in [0.4, 0.5) is 0 Å². The molecule has 0 N–H and O–H groups in total. The minimum Gasteiger partial charge on any atom is -0.138 e. The molecule has 0 bridgehead atoms. The lowest BCUT2D eigenvalue weighted by molar-refractivity contribution is 1.79. The number of hydrogen-bond donors (Lipinski definition) is 0. The van der Waals surface area contributed by atoms with E-state index in [1.165, 1.54) is 18.7 Å². The quantitative estimate of drug-likeness (QED) is 0.681. The maximum atomic E-state index is 3.70. The zero-order chi connectivity index (χ0) is 11.7. The molecule has 0 unspecified atom stereocenters. The fourth-order valence-electron chi connectivity index (χ4n) is 1.55. The lowest BCUT2D eigenvalue weighted by Crippen LogP contribution is -2.03. The Balaban J connectivity index is 2.48. The normalized spacial score (nSPS) is 12.5. The lowest BCUT2D eigenvalue weighted by atomic mass is 10.2. The minimum absolute atomic E-state index is 0.0396. The molecule has 0 aliphatic heterocycles. The predicted octanol–water partition coefficient (Wildman–Crippen LogP) is 2.69. The molecule has 0 aromatic carbocycles. The summed E-state index contributed by atoms with van der Waals surface area (Å²) in [7, 11) is -0.0792. The van der Waals surface area contributed by atoms with E-state index in [2.05, 4.69) is 57.1 Å². The van der Waals surface area contributed by atoms with E-state index in [4.69, 9.17) is 0 Å². The molecule has 2 aromatic heterocycles. The van der Waals surface area contributed by atoms with Crippen molar-refractivity contribution >= 4 is 82.6 Å². The minimum atomic E-state index is -0.0396. The fourth-order valence-corrected chi connectivity index (χ4v) is 8.93. The van der Waals surface area contributed by atoms with Crippen LogP contribution < -0.4 is 9.00 Å². The molecular weight excluding hydrogens is 400 g/mol. The first-order valence-corrected chi connectivity index (χ1v) is 12.7. The van der Waals surface area contributed by atoms with Gasteiger partial charge in [0.15, 0.2) is 0 Å². The molecule has 0 amide bonds. The maximum absolute atomic E-state index is 3.70. The molecule has 0 atom stereocenters. The molecule has 0 radical (unpaired) electrons. The predicted molar refractivity (Wildman–Crippen MR) is 91.1 cm³/mol. The molecule has 2 heterocycles. The average molecular weight is 412 g/mol. The van der Waals surface area contributed by atoms with Gasteiger partial charge >= 0.3 is 0 Å². The number of rotatable bonds is 3. The Kier molecular flexibility index (Phi) is 4.65. The number of halogens is 2. The second kappa shape index (κ2) is 5.62. The van der Waals surface area contributed by atoms with Gasteiger partial charge in [0.25, 0.3) is 0 Å². The Hall–Kier alpha value is 0.794. The van der Waals surface area contributed by atoms with Crippen LogP contribution in [0.1, 0.15) is 0 Å². The first-order chi connectivity index (χ1) is 7.65. The van der Waals surface area contributed by atoms with Gasteiger partial charge in [0.1, 0.15) is 0 Å². The van der Waals surface area contributed by atoms with Crippen molar-refractivity contribution in [1.82, 2.24) is 0 Å². The van der Waals surface area contributed by atoms with Gasteiger partial charge in [0, 0.05) is 11.1 Å². The molecule has 16 heavy (non-hydrogen) atoms. The van der Waals surface area contributed by atoms with Crippen molar-refractivity contribution in [2.75, 3.05) is 0 Å². The topological polar surface area (TPSA) is 0 Å². The average Bonchev–Trinajstić information content (AvgIpc) is 2.81. The van der Waals surface area contributed by atoms with Crippen LogP contribution in [0.3, 0.4) is 0 Å². The highest BCUT2D eigenvalue weighted by molar-refractivity contribution is 9.11. The Morgan fingerprint density at radius 3 is 1.50 bits per heavy atom. The zero-order valence-electron chi connectivity index (χ0n) is 9.14. The summed E-state index contributed by atoms with van der Waals surface area (Å²) in [5.41, 5.74) is 2.76. The van der Waals surface area contributed by atoms with Crippen LogP contribution in [0.15, 0.2) is 19.7 Å². The molecule has 0 aliphatic rings. The van der Waals surface area contributed by atoms with Gasteiger partial charge in [-0.2, -0.15) is 0 Å². The van der Waals surface area contributed by atoms with E-state index in [1.54, 1.807) is 9.00 Å². The van der Waals surface area contributed by atoms with Crippen LogP contribution in [-0.4, -0.2) is 19.0 Å². The van der Waals surface area contributed by atoms with Gasteiger partial charge in [-0.25, -0.2) is 0 Å². The van der Waals surface area contributed by atoms with Gasteiger partial charge in [-0.1, -0.05) is 13.1 Å². The molecular formula is C10H12Br2S2Si2. The Bertz CT molecular complexity index is 459. The molecule has 6 heteroatoms. The van der Waals surface area contributed by atoms with E-state index in [-0.39, 0.29) is 19.0 Å². The van der Waals surface area contributed by atoms with Crippen molar-refractivity contribution < 1.29 is 0 Å². The first-order valence-electron chi connectivity index (χ1n) is 5.22. The van der Waals surface area contributed by atoms with E-state index < -0.39 is 0 Å². The van der Waals surface area contributed by atoms with E-state index >= 15 is 0 Å².